The van der Waals surface area contributed by atoms with Gasteiger partial charge in [-0.2, -0.15) is 0 Å². The smallest absolute Gasteiger partial charge is 0.0572 e. The average Bonchev–Trinajstić information content (AvgIpc) is 2.56. The first kappa shape index (κ1) is 15.0. The van der Waals surface area contributed by atoms with E-state index in [0.29, 0.717) is 12.1 Å². The minimum absolute atomic E-state index is 0.404. The van der Waals surface area contributed by atoms with Crippen molar-refractivity contribution >= 4 is 5.69 Å². The van der Waals surface area contributed by atoms with E-state index < -0.39 is 0 Å². The van der Waals surface area contributed by atoms with Gasteiger partial charge in [0.05, 0.1) is 5.69 Å². The molecule has 1 aliphatic heterocycles. The summed E-state index contributed by atoms with van der Waals surface area (Å²) in [5, 5.41) is 3.68. The van der Waals surface area contributed by atoms with E-state index in [1.807, 2.05) is 12.3 Å². The molecule has 1 atom stereocenters. The SMILES string of the molecule is Cc1cccc(NC2CCN([C@@H](C)c3ccccn3)CC2)c1. The average molecular weight is 295 g/mol. The van der Waals surface area contributed by atoms with Gasteiger partial charge >= 0.3 is 0 Å². The molecule has 116 valence electrons. The first-order valence-electron chi connectivity index (χ1n) is 8.20. The molecule has 0 bridgehead atoms. The number of benzene rings is 1. The molecule has 1 N–H and O–H groups in total. The van der Waals surface area contributed by atoms with E-state index in [-0.39, 0.29) is 0 Å². The molecule has 1 aliphatic rings. The van der Waals surface area contributed by atoms with Crippen molar-refractivity contribution in [2.45, 2.75) is 38.8 Å². The van der Waals surface area contributed by atoms with Crippen LogP contribution in [0.25, 0.3) is 0 Å². The lowest BCUT2D eigenvalue weighted by Crippen LogP contribution is -2.40. The maximum Gasteiger partial charge on any atom is 0.0572 e. The summed E-state index contributed by atoms with van der Waals surface area (Å²) in [7, 11) is 0. The molecule has 3 rings (SSSR count). The van der Waals surface area contributed by atoms with Crippen molar-refractivity contribution in [3.05, 3.63) is 59.9 Å². The van der Waals surface area contributed by atoms with Crippen LogP contribution in [0.4, 0.5) is 5.69 Å². The molecule has 22 heavy (non-hydrogen) atoms. The summed E-state index contributed by atoms with van der Waals surface area (Å²) < 4.78 is 0. The summed E-state index contributed by atoms with van der Waals surface area (Å²) in [6.07, 6.45) is 4.26. The van der Waals surface area contributed by atoms with E-state index in [0.717, 1.165) is 13.1 Å². The normalized spacial score (nSPS) is 18.1. The first-order valence-corrected chi connectivity index (χ1v) is 8.20. The highest BCUT2D eigenvalue weighted by Crippen LogP contribution is 2.24. The third kappa shape index (κ3) is 3.66. The van der Waals surface area contributed by atoms with E-state index in [1.165, 1.54) is 29.8 Å². The number of nitrogens with zero attached hydrogens (tertiary/aromatic N) is 2. The van der Waals surface area contributed by atoms with E-state index >= 15 is 0 Å². The van der Waals surface area contributed by atoms with Crippen LogP contribution in [0.15, 0.2) is 48.7 Å². The van der Waals surface area contributed by atoms with Crippen LogP contribution in [0.2, 0.25) is 0 Å². The molecule has 3 heteroatoms. The molecule has 1 aromatic heterocycles. The van der Waals surface area contributed by atoms with E-state index in [9.17, 15) is 0 Å². The lowest BCUT2D eigenvalue weighted by Gasteiger charge is -2.36. The largest absolute Gasteiger partial charge is 0.382 e. The number of hydrogen-bond acceptors (Lipinski definition) is 3. The highest BCUT2D eigenvalue weighted by atomic mass is 15.2. The van der Waals surface area contributed by atoms with Gasteiger partial charge in [-0.05, 0) is 56.5 Å². The summed E-state index contributed by atoms with van der Waals surface area (Å²) in [5.41, 5.74) is 3.73. The van der Waals surface area contributed by atoms with Crippen LogP contribution in [-0.2, 0) is 0 Å². The highest BCUT2D eigenvalue weighted by Gasteiger charge is 2.23. The minimum Gasteiger partial charge on any atom is -0.382 e. The second-order valence-corrected chi connectivity index (χ2v) is 6.25. The molecule has 1 aromatic carbocycles. The zero-order valence-electron chi connectivity index (χ0n) is 13.5. The van der Waals surface area contributed by atoms with Crippen molar-refractivity contribution in [1.82, 2.24) is 9.88 Å². The summed E-state index contributed by atoms with van der Waals surface area (Å²) in [6.45, 7) is 6.65. The Morgan fingerprint density at radius 2 is 1.95 bits per heavy atom. The Morgan fingerprint density at radius 3 is 2.64 bits per heavy atom. The van der Waals surface area contributed by atoms with E-state index in [4.69, 9.17) is 0 Å². The van der Waals surface area contributed by atoms with Gasteiger partial charge in [0.2, 0.25) is 0 Å². The summed E-state index contributed by atoms with van der Waals surface area (Å²) in [6, 6.07) is 15.8. The Labute approximate surface area is 133 Å². The molecule has 0 unspecified atom stereocenters. The fraction of sp³-hybridized carbons (Fsp3) is 0.421. The summed E-state index contributed by atoms with van der Waals surface area (Å²) in [4.78, 5) is 7.03. The number of hydrogen-bond donors (Lipinski definition) is 1. The zero-order chi connectivity index (χ0) is 15.4. The number of aromatic nitrogens is 1. The number of anilines is 1. The molecule has 0 saturated carbocycles. The maximum absolute atomic E-state index is 4.49. The molecule has 0 spiro atoms. The van der Waals surface area contributed by atoms with Crippen molar-refractivity contribution in [2.75, 3.05) is 18.4 Å². The lowest BCUT2D eigenvalue weighted by atomic mass is 10.0. The van der Waals surface area contributed by atoms with Gasteiger partial charge in [-0.25, -0.2) is 0 Å². The third-order valence-electron chi connectivity index (χ3n) is 4.58. The second-order valence-electron chi connectivity index (χ2n) is 6.25. The zero-order valence-corrected chi connectivity index (χ0v) is 13.5. The molecule has 1 saturated heterocycles. The van der Waals surface area contributed by atoms with Crippen LogP contribution in [0.5, 0.6) is 0 Å². The Kier molecular flexibility index (Phi) is 4.74. The summed E-state index contributed by atoms with van der Waals surface area (Å²) >= 11 is 0. The minimum atomic E-state index is 0.404. The molecule has 1 fully saturated rings. The molecule has 0 radical (unpaired) electrons. The monoisotopic (exact) mass is 295 g/mol. The third-order valence-corrected chi connectivity index (χ3v) is 4.58. The number of aryl methyl sites for hydroxylation is 1. The van der Waals surface area contributed by atoms with Gasteiger partial charge in [-0.15, -0.1) is 0 Å². The Bertz CT molecular complexity index is 589. The fourth-order valence-corrected chi connectivity index (χ4v) is 3.21. The molecule has 2 aromatic rings. The lowest BCUT2D eigenvalue weighted by molar-refractivity contribution is 0.165. The second kappa shape index (κ2) is 6.93. The van der Waals surface area contributed by atoms with Crippen LogP contribution in [0, 0.1) is 6.92 Å². The predicted molar refractivity (Wildman–Crippen MR) is 92.0 cm³/mol. The van der Waals surface area contributed by atoms with Crippen LogP contribution in [-0.4, -0.2) is 29.0 Å². The first-order chi connectivity index (χ1) is 10.7. The van der Waals surface area contributed by atoms with Gasteiger partial charge in [0.15, 0.2) is 0 Å². The fourth-order valence-electron chi connectivity index (χ4n) is 3.21. The van der Waals surface area contributed by atoms with E-state index in [2.05, 4.69) is 65.4 Å². The molecular formula is C19H25N3. The Morgan fingerprint density at radius 1 is 1.14 bits per heavy atom. The van der Waals surface area contributed by atoms with Crippen molar-refractivity contribution in [3.63, 3.8) is 0 Å². The van der Waals surface area contributed by atoms with Crippen LogP contribution < -0.4 is 5.32 Å². The molecule has 2 heterocycles. The highest BCUT2D eigenvalue weighted by molar-refractivity contribution is 5.46. The van der Waals surface area contributed by atoms with Crippen LogP contribution in [0.1, 0.15) is 37.1 Å². The molecule has 3 nitrogen and oxygen atoms in total. The molecular weight excluding hydrogens is 270 g/mol. The quantitative estimate of drug-likeness (QED) is 0.923. The topological polar surface area (TPSA) is 28.2 Å². The Hall–Kier alpha value is -1.87. The van der Waals surface area contributed by atoms with Crippen molar-refractivity contribution in [2.24, 2.45) is 0 Å². The number of likely N-dealkylation sites (tertiary alicyclic amines) is 1. The van der Waals surface area contributed by atoms with Gasteiger partial charge in [0.1, 0.15) is 0 Å². The van der Waals surface area contributed by atoms with Gasteiger partial charge in [-0.3, -0.25) is 9.88 Å². The number of pyridine rings is 1. The maximum atomic E-state index is 4.49. The van der Waals surface area contributed by atoms with Crippen LogP contribution >= 0.6 is 0 Å². The Balaban J connectivity index is 1.54. The van der Waals surface area contributed by atoms with Crippen LogP contribution in [0.3, 0.4) is 0 Å². The number of rotatable bonds is 4. The van der Waals surface area contributed by atoms with Crippen molar-refractivity contribution in [1.29, 1.82) is 0 Å². The van der Waals surface area contributed by atoms with E-state index in [1.54, 1.807) is 0 Å². The number of piperidine rings is 1. The molecule has 0 amide bonds. The van der Waals surface area contributed by atoms with Gasteiger partial charge in [0.25, 0.3) is 0 Å². The van der Waals surface area contributed by atoms with Gasteiger partial charge in [-0.1, -0.05) is 18.2 Å². The number of nitrogens with one attached hydrogen (secondary N) is 1. The molecule has 0 aliphatic carbocycles. The van der Waals surface area contributed by atoms with Gasteiger partial charge < -0.3 is 5.32 Å². The summed E-state index contributed by atoms with van der Waals surface area (Å²) in [5.74, 6) is 0. The van der Waals surface area contributed by atoms with Crippen molar-refractivity contribution in [3.8, 4) is 0 Å². The van der Waals surface area contributed by atoms with Crippen molar-refractivity contribution < 1.29 is 0 Å². The predicted octanol–water partition coefficient (Wildman–Crippen LogP) is 4.03. The standard InChI is InChI=1S/C19H25N3/c1-15-6-5-7-18(14-15)21-17-9-12-22(13-10-17)16(2)19-8-3-4-11-20-19/h3-8,11,14,16-17,21H,9-10,12-13H2,1-2H3/t16-/m0/s1. The van der Waals surface area contributed by atoms with Gasteiger partial charge in [0, 0.05) is 37.1 Å².